The van der Waals surface area contributed by atoms with Crippen molar-refractivity contribution in [3.05, 3.63) is 0 Å². The van der Waals surface area contributed by atoms with Crippen LogP contribution in [0.5, 0.6) is 0 Å². The molecule has 0 bridgehead atoms. The van der Waals surface area contributed by atoms with Gasteiger partial charge in [-0.25, -0.2) is 4.79 Å². The molecule has 0 saturated heterocycles. The van der Waals surface area contributed by atoms with Gasteiger partial charge in [-0.1, -0.05) is 19.3 Å². The number of hydrazone groups is 1. The molecule has 0 unspecified atom stereocenters. The Balaban J connectivity index is 2.65. The van der Waals surface area contributed by atoms with Gasteiger partial charge in [0.1, 0.15) is 5.60 Å². The van der Waals surface area contributed by atoms with Crippen LogP contribution in [-0.4, -0.2) is 29.0 Å². The van der Waals surface area contributed by atoms with Crippen molar-refractivity contribution in [2.45, 2.75) is 72.3 Å². The molecule has 4 heteroatoms. The molecule has 0 aliphatic heterocycles. The molecule has 1 aliphatic rings. The van der Waals surface area contributed by atoms with E-state index in [9.17, 15) is 4.79 Å². The Hall–Kier alpha value is -1.06. The molecule has 4 nitrogen and oxygen atoms in total. The Morgan fingerprint density at radius 1 is 1.21 bits per heavy atom. The molecule has 1 saturated carbocycles. The summed E-state index contributed by atoms with van der Waals surface area (Å²) in [7, 11) is 0. The second-order valence-electron chi connectivity index (χ2n) is 6.61. The van der Waals surface area contributed by atoms with Crippen LogP contribution in [0.1, 0.15) is 66.7 Å². The molecule has 0 heterocycles. The van der Waals surface area contributed by atoms with Crippen molar-refractivity contribution in [3.8, 4) is 0 Å². The lowest BCUT2D eigenvalue weighted by Gasteiger charge is -2.29. The van der Waals surface area contributed by atoms with E-state index in [1.165, 1.54) is 37.1 Å². The molecular formula is C15H28N2O2. The molecule has 110 valence electrons. The number of carbonyl (C=O) groups is 1. The van der Waals surface area contributed by atoms with Gasteiger partial charge in [-0.3, -0.25) is 0 Å². The fourth-order valence-electron chi connectivity index (χ4n) is 2.33. The molecule has 0 aromatic heterocycles. The molecule has 0 aromatic carbocycles. The summed E-state index contributed by atoms with van der Waals surface area (Å²) in [6.07, 6.45) is 5.90. The van der Waals surface area contributed by atoms with Gasteiger partial charge in [0.15, 0.2) is 0 Å². The lowest BCUT2D eigenvalue weighted by Crippen LogP contribution is -2.37. The first-order valence-corrected chi connectivity index (χ1v) is 7.30. The number of amides is 1. The number of ether oxygens (including phenoxy) is 1. The van der Waals surface area contributed by atoms with Crippen LogP contribution in [0.4, 0.5) is 4.79 Å². The number of rotatable bonds is 3. The maximum atomic E-state index is 12.2. The second kappa shape index (κ2) is 6.92. The van der Waals surface area contributed by atoms with Gasteiger partial charge in [-0.15, -0.1) is 0 Å². The quantitative estimate of drug-likeness (QED) is 0.568. The number of hydrogen-bond acceptors (Lipinski definition) is 3. The molecule has 19 heavy (non-hydrogen) atoms. The molecule has 1 fully saturated rings. The van der Waals surface area contributed by atoms with E-state index in [0.29, 0.717) is 12.5 Å². The van der Waals surface area contributed by atoms with Crippen LogP contribution in [0, 0.1) is 5.92 Å². The van der Waals surface area contributed by atoms with Crippen molar-refractivity contribution in [1.29, 1.82) is 0 Å². The first-order chi connectivity index (χ1) is 8.78. The second-order valence-corrected chi connectivity index (χ2v) is 6.61. The number of nitrogens with zero attached hydrogens (tertiary/aromatic N) is 2. The normalized spacial score (nSPS) is 16.9. The van der Waals surface area contributed by atoms with Crippen molar-refractivity contribution in [3.63, 3.8) is 0 Å². The minimum atomic E-state index is -0.473. The Morgan fingerprint density at radius 2 is 1.79 bits per heavy atom. The van der Waals surface area contributed by atoms with Gasteiger partial charge in [0.05, 0.1) is 6.54 Å². The van der Waals surface area contributed by atoms with Crippen LogP contribution >= 0.6 is 0 Å². The van der Waals surface area contributed by atoms with E-state index in [1.54, 1.807) is 0 Å². The zero-order valence-corrected chi connectivity index (χ0v) is 13.0. The summed E-state index contributed by atoms with van der Waals surface area (Å²) in [6.45, 7) is 10.1. The third kappa shape index (κ3) is 6.60. The average molecular weight is 268 g/mol. The monoisotopic (exact) mass is 268 g/mol. The van der Waals surface area contributed by atoms with Gasteiger partial charge >= 0.3 is 6.09 Å². The molecule has 0 atom stereocenters. The Kier molecular flexibility index (Phi) is 5.83. The van der Waals surface area contributed by atoms with Crippen LogP contribution in [0.15, 0.2) is 5.10 Å². The summed E-state index contributed by atoms with van der Waals surface area (Å²) in [5.74, 6) is 0.560. The van der Waals surface area contributed by atoms with E-state index >= 15 is 0 Å². The summed E-state index contributed by atoms with van der Waals surface area (Å²) in [5, 5.41) is 5.84. The number of hydrogen-bond donors (Lipinski definition) is 0. The predicted octanol–water partition coefficient (Wildman–Crippen LogP) is 4.20. The topological polar surface area (TPSA) is 41.9 Å². The van der Waals surface area contributed by atoms with Gasteiger partial charge in [0, 0.05) is 5.71 Å². The minimum absolute atomic E-state index is 0.334. The smallest absolute Gasteiger partial charge is 0.430 e. The largest absolute Gasteiger partial charge is 0.442 e. The first kappa shape index (κ1) is 16.0. The molecule has 1 amide bonds. The van der Waals surface area contributed by atoms with Gasteiger partial charge in [-0.05, 0) is 53.4 Å². The standard InChI is InChI=1S/C15H28N2O2/c1-12(2)16-17(14(18)19-15(3,4)5)11-13-9-7-6-8-10-13/h13H,6-11H2,1-5H3. The van der Waals surface area contributed by atoms with Crippen LogP contribution in [0.3, 0.4) is 0 Å². The van der Waals surface area contributed by atoms with E-state index in [-0.39, 0.29) is 6.09 Å². The van der Waals surface area contributed by atoms with E-state index in [4.69, 9.17) is 4.74 Å². The van der Waals surface area contributed by atoms with E-state index in [2.05, 4.69) is 5.10 Å². The predicted molar refractivity (Wildman–Crippen MR) is 78.3 cm³/mol. The molecule has 0 spiro atoms. The highest BCUT2D eigenvalue weighted by molar-refractivity contribution is 5.80. The van der Waals surface area contributed by atoms with Crippen molar-refractivity contribution in [2.24, 2.45) is 11.0 Å². The lowest BCUT2D eigenvalue weighted by molar-refractivity contribution is 0.0213. The highest BCUT2D eigenvalue weighted by Gasteiger charge is 2.25. The summed E-state index contributed by atoms with van der Waals surface area (Å²) in [5.41, 5.74) is 0.403. The van der Waals surface area contributed by atoms with Gasteiger partial charge in [0.25, 0.3) is 0 Å². The van der Waals surface area contributed by atoms with E-state index in [0.717, 1.165) is 5.71 Å². The Bertz CT molecular complexity index is 322. The fourth-order valence-corrected chi connectivity index (χ4v) is 2.33. The molecule has 1 aliphatic carbocycles. The molecule has 0 radical (unpaired) electrons. The van der Waals surface area contributed by atoms with Crippen LogP contribution in [-0.2, 0) is 4.74 Å². The van der Waals surface area contributed by atoms with Crippen molar-refractivity contribution in [1.82, 2.24) is 5.01 Å². The molecular weight excluding hydrogens is 240 g/mol. The molecule has 0 N–H and O–H groups in total. The zero-order chi connectivity index (χ0) is 14.5. The van der Waals surface area contributed by atoms with Gasteiger partial charge in [0.2, 0.25) is 0 Å². The lowest BCUT2D eigenvalue weighted by atomic mass is 9.89. The maximum Gasteiger partial charge on any atom is 0.430 e. The highest BCUT2D eigenvalue weighted by Crippen LogP contribution is 2.25. The molecule has 0 aromatic rings. The third-order valence-electron chi connectivity index (χ3n) is 3.08. The van der Waals surface area contributed by atoms with E-state index < -0.39 is 5.60 Å². The highest BCUT2D eigenvalue weighted by atomic mass is 16.6. The zero-order valence-electron chi connectivity index (χ0n) is 13.0. The Labute approximate surface area is 117 Å². The minimum Gasteiger partial charge on any atom is -0.442 e. The first-order valence-electron chi connectivity index (χ1n) is 7.30. The van der Waals surface area contributed by atoms with Crippen molar-refractivity contribution >= 4 is 11.8 Å². The Morgan fingerprint density at radius 3 is 2.26 bits per heavy atom. The number of carbonyl (C=O) groups excluding carboxylic acids is 1. The van der Waals surface area contributed by atoms with Crippen LogP contribution < -0.4 is 0 Å². The van der Waals surface area contributed by atoms with Crippen molar-refractivity contribution < 1.29 is 9.53 Å². The van der Waals surface area contributed by atoms with Crippen molar-refractivity contribution in [2.75, 3.05) is 6.54 Å². The summed E-state index contributed by atoms with van der Waals surface area (Å²) in [6, 6.07) is 0. The van der Waals surface area contributed by atoms with Crippen LogP contribution in [0.2, 0.25) is 0 Å². The summed E-state index contributed by atoms with van der Waals surface area (Å²) in [4.78, 5) is 12.2. The fraction of sp³-hybridized carbons (Fsp3) is 0.867. The maximum absolute atomic E-state index is 12.2. The third-order valence-corrected chi connectivity index (χ3v) is 3.08. The summed E-state index contributed by atoms with van der Waals surface area (Å²) < 4.78 is 5.42. The average Bonchev–Trinajstić information content (AvgIpc) is 2.26. The van der Waals surface area contributed by atoms with Crippen LogP contribution in [0.25, 0.3) is 0 Å². The molecule has 1 rings (SSSR count). The SMILES string of the molecule is CC(C)=NN(CC1CCCCC1)C(=O)OC(C)(C)C. The van der Waals surface area contributed by atoms with E-state index in [1.807, 2.05) is 34.6 Å². The summed E-state index contributed by atoms with van der Waals surface area (Å²) >= 11 is 0. The van der Waals surface area contributed by atoms with Gasteiger partial charge < -0.3 is 4.74 Å². The van der Waals surface area contributed by atoms with Gasteiger partial charge in [-0.2, -0.15) is 10.1 Å².